The van der Waals surface area contributed by atoms with Gasteiger partial charge in [-0.05, 0) is 6.92 Å². The first-order valence-electron chi connectivity index (χ1n) is 3.59. The second-order valence-corrected chi connectivity index (χ2v) is 5.58. The van der Waals surface area contributed by atoms with Crippen LogP contribution in [-0.4, -0.2) is 50.6 Å². The number of hydrogen-bond donors (Lipinski definition) is 2. The molecule has 88 valence electrons. The van der Waals surface area contributed by atoms with E-state index in [1.165, 1.54) is 6.92 Å². The Hall–Kier alpha value is -0.270. The molecule has 0 aliphatic carbocycles. The van der Waals surface area contributed by atoms with Crippen molar-refractivity contribution in [2.24, 2.45) is 5.73 Å². The summed E-state index contributed by atoms with van der Waals surface area (Å²) >= 11 is 0. The van der Waals surface area contributed by atoms with E-state index in [1.54, 1.807) is 25.0 Å². The molecule has 14 heavy (non-hydrogen) atoms. The quantitative estimate of drug-likeness (QED) is 0.643. The van der Waals surface area contributed by atoms with Crippen LogP contribution in [0.5, 0.6) is 0 Å². The predicted octanol–water partition coefficient (Wildman–Crippen LogP) is -0.592. The number of rotatable bonds is 1. The van der Waals surface area contributed by atoms with Gasteiger partial charge >= 0.3 is 5.97 Å². The van der Waals surface area contributed by atoms with Gasteiger partial charge in [0, 0.05) is 46.6 Å². The van der Waals surface area contributed by atoms with E-state index in [0.29, 0.717) is 0 Å². The maximum Gasteiger partial charge on any atom is 0.320 e. The van der Waals surface area contributed by atoms with Crippen LogP contribution in [-0.2, 0) is 26.4 Å². The Morgan fingerprint density at radius 1 is 1.14 bits per heavy atom. The topological polar surface area (TPSA) is 97.5 Å². The molecule has 0 saturated heterocycles. The number of carbonyl (C=O) groups is 1. The molecule has 0 amide bonds. The molecule has 0 radical (unpaired) electrons. The average Bonchev–Trinajstić information content (AvgIpc) is 1.83. The normalized spacial score (nSPS) is 10.9. The Bertz CT molecular complexity index is 174. The van der Waals surface area contributed by atoms with Crippen LogP contribution in [0, 0.1) is 0 Å². The molecule has 0 aliphatic rings. The molecule has 0 spiro atoms. The summed E-state index contributed by atoms with van der Waals surface area (Å²) in [5, 5.41) is 7.87. The molecular weight excluding hydrogens is 226 g/mol. The number of carboxylic acids is 1. The predicted molar refractivity (Wildman–Crippen MR) is 61.3 cm³/mol. The number of carboxylic acid groups (broad SMARTS) is 1. The maximum atomic E-state index is 9.57. The third kappa shape index (κ3) is 97.1. The zero-order valence-electron chi connectivity index (χ0n) is 9.14. The van der Waals surface area contributed by atoms with Crippen molar-refractivity contribution in [2.45, 2.75) is 13.0 Å². The van der Waals surface area contributed by atoms with Crippen LogP contribution in [0.15, 0.2) is 0 Å². The summed E-state index contributed by atoms with van der Waals surface area (Å²) in [4.78, 5) is 9.57. The van der Waals surface area contributed by atoms with Crippen LogP contribution in [0.25, 0.3) is 0 Å². The molecule has 5 nitrogen and oxygen atoms in total. The van der Waals surface area contributed by atoms with Crippen molar-refractivity contribution in [1.82, 2.24) is 0 Å². The van der Waals surface area contributed by atoms with Gasteiger partial charge in [0.05, 0.1) is 0 Å². The molecule has 0 saturated carbocycles. The minimum atomic E-state index is -0.963. The van der Waals surface area contributed by atoms with Crippen LogP contribution in [0.4, 0.5) is 0 Å². The molecule has 1 atom stereocenters. The Morgan fingerprint density at radius 2 is 1.21 bits per heavy atom. The first-order valence-corrected chi connectivity index (χ1v) is 7.53. The minimum absolute atomic E-state index is 0.611. The van der Waals surface area contributed by atoms with Crippen molar-refractivity contribution < 1.29 is 18.3 Å². The third-order valence-corrected chi connectivity index (χ3v) is 0.390. The summed E-state index contributed by atoms with van der Waals surface area (Å²) in [5.41, 5.74) is 4.84. The zero-order chi connectivity index (χ0) is 12.3. The third-order valence-electron chi connectivity index (χ3n) is 0.390. The van der Waals surface area contributed by atoms with Crippen LogP contribution in [0.3, 0.4) is 0 Å². The molecule has 0 heterocycles. The van der Waals surface area contributed by atoms with Gasteiger partial charge in [0.25, 0.3) is 0 Å². The van der Waals surface area contributed by atoms with Gasteiger partial charge in [-0.25, -0.2) is 0 Å². The molecule has 0 rings (SSSR count). The highest BCUT2D eigenvalue weighted by molar-refractivity contribution is 7.83. The summed E-state index contributed by atoms with van der Waals surface area (Å²) < 4.78 is 19.1. The molecule has 0 aliphatic heterocycles. The molecule has 0 aromatic rings. The van der Waals surface area contributed by atoms with E-state index in [2.05, 4.69) is 0 Å². The summed E-state index contributed by atoms with van der Waals surface area (Å²) in [7, 11) is -1.22. The van der Waals surface area contributed by atoms with Crippen LogP contribution in [0.2, 0.25) is 0 Å². The molecule has 0 aromatic heterocycles. The lowest BCUT2D eigenvalue weighted by molar-refractivity contribution is -0.138. The van der Waals surface area contributed by atoms with E-state index < -0.39 is 33.6 Å². The number of hydrogen-bond acceptors (Lipinski definition) is 4. The fraction of sp³-hybridized carbons (Fsp3) is 0.857. The highest BCUT2D eigenvalue weighted by Crippen LogP contribution is 1.68. The maximum absolute atomic E-state index is 9.57. The van der Waals surface area contributed by atoms with Gasteiger partial charge in [-0.1, -0.05) is 0 Å². The van der Waals surface area contributed by atoms with Crippen LogP contribution < -0.4 is 5.73 Å². The Labute approximate surface area is 90.0 Å². The fourth-order valence-corrected chi connectivity index (χ4v) is 0. The van der Waals surface area contributed by atoms with Gasteiger partial charge in [-0.2, -0.15) is 0 Å². The van der Waals surface area contributed by atoms with E-state index in [-0.39, 0.29) is 0 Å². The van der Waals surface area contributed by atoms with Crippen molar-refractivity contribution >= 4 is 27.6 Å². The van der Waals surface area contributed by atoms with Crippen molar-refractivity contribution in [3.8, 4) is 0 Å². The summed E-state index contributed by atoms with van der Waals surface area (Å²) in [6.45, 7) is 1.42. The van der Waals surface area contributed by atoms with Crippen molar-refractivity contribution in [1.29, 1.82) is 0 Å². The van der Waals surface area contributed by atoms with Crippen LogP contribution >= 0.6 is 0 Å². The second-order valence-electron chi connectivity index (χ2n) is 2.61. The van der Waals surface area contributed by atoms with Crippen molar-refractivity contribution in [3.05, 3.63) is 0 Å². The number of nitrogens with two attached hydrogens (primary N) is 1. The lowest BCUT2D eigenvalue weighted by Gasteiger charge is -1.90. The van der Waals surface area contributed by atoms with Crippen molar-refractivity contribution in [3.63, 3.8) is 0 Å². The number of aliphatic carboxylic acids is 1. The highest BCUT2D eigenvalue weighted by atomic mass is 32.2. The molecule has 0 unspecified atom stereocenters. The molecule has 3 N–H and O–H groups in total. The Morgan fingerprint density at radius 3 is 1.21 bits per heavy atom. The van der Waals surface area contributed by atoms with Gasteiger partial charge in [-0.3, -0.25) is 13.2 Å². The SMILES string of the molecule is CS(C)=O.CS(C)=O.C[C@H](N)C(=O)O. The largest absolute Gasteiger partial charge is 0.480 e. The minimum Gasteiger partial charge on any atom is -0.480 e. The zero-order valence-corrected chi connectivity index (χ0v) is 10.8. The standard InChI is InChI=1S/C3H7NO2.2C2H6OS/c1-2(4)3(5)6;2*1-4(2)3/h2H,4H2,1H3,(H,5,6);2*1-2H3/t2-;;/m0../s1. The van der Waals surface area contributed by atoms with Gasteiger partial charge < -0.3 is 10.8 Å². The first kappa shape index (κ1) is 19.3. The van der Waals surface area contributed by atoms with Gasteiger partial charge in [0.15, 0.2) is 0 Å². The first-order chi connectivity index (χ1) is 6.11. The molecule has 7 heteroatoms. The monoisotopic (exact) mass is 245 g/mol. The van der Waals surface area contributed by atoms with E-state index in [4.69, 9.17) is 10.8 Å². The van der Waals surface area contributed by atoms with Crippen molar-refractivity contribution in [2.75, 3.05) is 25.0 Å². The lowest BCUT2D eigenvalue weighted by Crippen LogP contribution is -2.25. The fourth-order valence-electron chi connectivity index (χ4n) is 0. The molecule has 0 bridgehead atoms. The highest BCUT2D eigenvalue weighted by Gasteiger charge is 1.99. The second kappa shape index (κ2) is 12.7. The van der Waals surface area contributed by atoms with E-state index >= 15 is 0 Å². The smallest absolute Gasteiger partial charge is 0.320 e. The summed E-state index contributed by atoms with van der Waals surface area (Å²) in [5.74, 6) is -0.963. The Balaban J connectivity index is -0.000000135. The molecule has 0 fully saturated rings. The van der Waals surface area contributed by atoms with E-state index in [9.17, 15) is 13.2 Å². The van der Waals surface area contributed by atoms with Gasteiger partial charge in [0.2, 0.25) is 0 Å². The summed E-state index contributed by atoms with van der Waals surface area (Å²) in [6.07, 6.45) is 6.56. The Kier molecular flexibility index (Phi) is 17.6. The lowest BCUT2D eigenvalue weighted by atomic mass is 10.4. The molecule has 0 aromatic carbocycles. The average molecular weight is 245 g/mol. The van der Waals surface area contributed by atoms with Gasteiger partial charge in [-0.15, -0.1) is 0 Å². The van der Waals surface area contributed by atoms with E-state index in [0.717, 1.165) is 0 Å². The molecular formula is C7H19NO4S2. The summed E-state index contributed by atoms with van der Waals surface area (Å²) in [6, 6.07) is -0.731. The van der Waals surface area contributed by atoms with E-state index in [1.807, 2.05) is 0 Å². The van der Waals surface area contributed by atoms with Gasteiger partial charge in [0.1, 0.15) is 6.04 Å². The van der Waals surface area contributed by atoms with Crippen LogP contribution in [0.1, 0.15) is 6.92 Å².